The Morgan fingerprint density at radius 3 is 2.50 bits per heavy atom. The molecule has 2 fully saturated rings. The predicted molar refractivity (Wildman–Crippen MR) is 57.6 cm³/mol. The van der Waals surface area contributed by atoms with Crippen LogP contribution in [0.1, 0.15) is 19.8 Å². The number of hydrogen-bond donors (Lipinski definition) is 1. The van der Waals surface area contributed by atoms with E-state index in [0.29, 0.717) is 0 Å². The molecule has 0 unspecified atom stereocenters. The molecule has 0 aromatic rings. The number of carbonyl (C=O) groups excluding carboxylic acids is 3. The third-order valence-electron chi connectivity index (χ3n) is 3.39. The molecule has 2 bridgehead atoms. The molecule has 2 rings (SSSR count). The smallest absolute Gasteiger partial charge is 0.410 e. The maximum atomic E-state index is 11.7. The maximum Gasteiger partial charge on any atom is 0.410 e. The van der Waals surface area contributed by atoms with E-state index in [2.05, 4.69) is 4.74 Å². The number of nitrogens with zero attached hydrogens (tertiary/aromatic N) is 1. The minimum absolute atomic E-state index is 0.0566. The van der Waals surface area contributed by atoms with Crippen molar-refractivity contribution in [3.05, 3.63) is 0 Å². The zero-order valence-corrected chi connectivity index (χ0v) is 10.2. The van der Waals surface area contributed by atoms with Crippen molar-refractivity contribution in [2.45, 2.75) is 44.1 Å². The van der Waals surface area contributed by atoms with Crippen LogP contribution in [0.15, 0.2) is 0 Å². The molecule has 0 aromatic heterocycles. The van der Waals surface area contributed by atoms with Gasteiger partial charge in [-0.3, -0.25) is 14.5 Å². The van der Waals surface area contributed by atoms with E-state index < -0.39 is 36.4 Å². The molecule has 2 heterocycles. The lowest BCUT2D eigenvalue weighted by atomic mass is 10.0. The third kappa shape index (κ3) is 1.94. The fourth-order valence-corrected chi connectivity index (χ4v) is 2.71. The molecule has 2 aliphatic rings. The Balaban J connectivity index is 2.28. The van der Waals surface area contributed by atoms with Crippen molar-refractivity contribution in [3.63, 3.8) is 0 Å². The first kappa shape index (κ1) is 12.8. The van der Waals surface area contributed by atoms with Gasteiger partial charge >= 0.3 is 12.1 Å². The molecule has 1 amide bonds. The van der Waals surface area contributed by atoms with E-state index >= 15 is 0 Å². The van der Waals surface area contributed by atoms with E-state index in [1.807, 2.05) is 0 Å². The number of methoxy groups -OCH3 is 1. The molecule has 0 aromatic carbocycles. The number of ether oxygens (including phenoxy) is 2. The number of ketones is 1. The summed E-state index contributed by atoms with van der Waals surface area (Å²) in [6.45, 7) is 1.22. The lowest BCUT2D eigenvalue weighted by molar-refractivity contribution is -0.152. The van der Waals surface area contributed by atoms with Crippen molar-refractivity contribution in [2.24, 2.45) is 0 Å². The average molecular weight is 257 g/mol. The SMILES string of the molecule is COC(=O)N1[C@@H]2CC(=O)C[C@H]1[C@H](O)[C@@H]2OC(C)=O. The summed E-state index contributed by atoms with van der Waals surface area (Å²) in [6, 6.07) is -1.31. The summed E-state index contributed by atoms with van der Waals surface area (Å²) in [5.74, 6) is -0.609. The standard InChI is InChI=1S/C11H15NO6/c1-5(13)18-10-8-4-6(14)3-7(9(10)15)12(8)11(16)17-2/h7-10,15H,3-4H2,1-2H3/t7-,8+,9-,10+/m0/s1. The number of aliphatic hydroxyl groups is 1. The molecule has 100 valence electrons. The Labute approximate surface area is 104 Å². The molecule has 2 aliphatic heterocycles. The van der Waals surface area contributed by atoms with Gasteiger partial charge < -0.3 is 14.6 Å². The fourth-order valence-electron chi connectivity index (χ4n) is 2.71. The lowest BCUT2D eigenvalue weighted by Crippen LogP contribution is -2.49. The fraction of sp³-hybridized carbons (Fsp3) is 0.727. The van der Waals surface area contributed by atoms with E-state index in [4.69, 9.17) is 4.74 Å². The highest BCUT2D eigenvalue weighted by Gasteiger charge is 2.56. The molecular formula is C11H15NO6. The van der Waals surface area contributed by atoms with Gasteiger partial charge in [0.1, 0.15) is 11.9 Å². The average Bonchev–Trinajstić information content (AvgIpc) is 2.47. The maximum absolute atomic E-state index is 11.7. The number of Topliss-reactive ketones (excluding diaryl/α,β-unsaturated/α-hetero) is 1. The number of rotatable bonds is 1. The number of aliphatic hydroxyl groups excluding tert-OH is 1. The van der Waals surface area contributed by atoms with Gasteiger partial charge in [-0.05, 0) is 0 Å². The molecule has 0 saturated carbocycles. The summed E-state index contributed by atoms with van der Waals surface area (Å²) in [4.78, 5) is 35.5. The summed E-state index contributed by atoms with van der Waals surface area (Å²) >= 11 is 0. The Bertz CT molecular complexity index is 395. The molecule has 7 heteroatoms. The van der Waals surface area contributed by atoms with E-state index in [1.54, 1.807) is 0 Å². The number of esters is 1. The minimum Gasteiger partial charge on any atom is -0.457 e. The molecule has 4 atom stereocenters. The normalized spacial score (nSPS) is 34.4. The molecular weight excluding hydrogens is 242 g/mol. The lowest BCUT2D eigenvalue weighted by Gasteiger charge is -2.32. The topological polar surface area (TPSA) is 93.1 Å². The summed E-state index contributed by atoms with van der Waals surface area (Å²) < 4.78 is 9.65. The van der Waals surface area contributed by atoms with Gasteiger partial charge in [0.2, 0.25) is 0 Å². The van der Waals surface area contributed by atoms with Crippen LogP contribution in [0.4, 0.5) is 4.79 Å². The second kappa shape index (κ2) is 4.56. The zero-order valence-electron chi connectivity index (χ0n) is 10.2. The Hall–Kier alpha value is -1.63. The quantitative estimate of drug-likeness (QED) is 0.634. The summed E-state index contributed by atoms with van der Waals surface area (Å²) in [5.41, 5.74) is 0. The van der Waals surface area contributed by atoms with Crippen molar-refractivity contribution in [1.29, 1.82) is 0 Å². The highest BCUT2D eigenvalue weighted by atomic mass is 16.6. The van der Waals surface area contributed by atoms with E-state index in [0.717, 1.165) is 0 Å². The second-order valence-corrected chi connectivity index (χ2v) is 4.52. The van der Waals surface area contributed by atoms with Crippen LogP contribution in [0, 0.1) is 0 Å². The number of amides is 1. The van der Waals surface area contributed by atoms with Crippen LogP contribution in [0.2, 0.25) is 0 Å². The number of carbonyl (C=O) groups is 3. The van der Waals surface area contributed by atoms with Gasteiger partial charge in [-0.1, -0.05) is 0 Å². The van der Waals surface area contributed by atoms with Gasteiger partial charge in [-0.2, -0.15) is 0 Å². The molecule has 0 aliphatic carbocycles. The summed E-state index contributed by atoms with van der Waals surface area (Å²) in [6.07, 6.45) is -2.40. The second-order valence-electron chi connectivity index (χ2n) is 4.52. The first-order valence-electron chi connectivity index (χ1n) is 5.69. The summed E-state index contributed by atoms with van der Waals surface area (Å²) in [7, 11) is 1.23. The molecule has 0 spiro atoms. The largest absolute Gasteiger partial charge is 0.457 e. The van der Waals surface area contributed by atoms with Crippen molar-refractivity contribution in [2.75, 3.05) is 7.11 Å². The molecule has 0 radical (unpaired) electrons. The van der Waals surface area contributed by atoms with Gasteiger partial charge in [-0.15, -0.1) is 0 Å². The van der Waals surface area contributed by atoms with Crippen molar-refractivity contribution in [3.8, 4) is 0 Å². The highest BCUT2D eigenvalue weighted by Crippen LogP contribution is 2.36. The van der Waals surface area contributed by atoms with Crippen LogP contribution < -0.4 is 0 Å². The van der Waals surface area contributed by atoms with Gasteiger partial charge in [0, 0.05) is 19.8 Å². The Morgan fingerprint density at radius 1 is 1.33 bits per heavy atom. The van der Waals surface area contributed by atoms with Gasteiger partial charge in [-0.25, -0.2) is 4.79 Å². The van der Waals surface area contributed by atoms with E-state index in [1.165, 1.54) is 18.9 Å². The van der Waals surface area contributed by atoms with E-state index in [-0.39, 0.29) is 18.6 Å². The number of hydrogen-bond acceptors (Lipinski definition) is 6. The minimum atomic E-state index is -1.05. The Morgan fingerprint density at radius 2 is 1.94 bits per heavy atom. The zero-order chi connectivity index (χ0) is 13.4. The van der Waals surface area contributed by atoms with E-state index in [9.17, 15) is 19.5 Å². The van der Waals surface area contributed by atoms with Gasteiger partial charge in [0.15, 0.2) is 6.10 Å². The van der Waals surface area contributed by atoms with Crippen molar-refractivity contribution < 1.29 is 29.0 Å². The van der Waals surface area contributed by atoms with Crippen LogP contribution in [-0.4, -0.2) is 59.3 Å². The first-order valence-corrected chi connectivity index (χ1v) is 5.69. The van der Waals surface area contributed by atoms with Gasteiger partial charge in [0.05, 0.1) is 19.2 Å². The molecule has 1 N–H and O–H groups in total. The highest BCUT2D eigenvalue weighted by molar-refractivity contribution is 5.84. The van der Waals surface area contributed by atoms with Crippen LogP contribution in [0.25, 0.3) is 0 Å². The van der Waals surface area contributed by atoms with Crippen LogP contribution in [0.3, 0.4) is 0 Å². The summed E-state index contributed by atoms with van der Waals surface area (Å²) in [5, 5.41) is 10.1. The molecule has 2 saturated heterocycles. The monoisotopic (exact) mass is 257 g/mol. The number of fused-ring (bicyclic) bond motifs is 2. The van der Waals surface area contributed by atoms with Crippen LogP contribution in [0.5, 0.6) is 0 Å². The predicted octanol–water partition coefficient (Wildman–Crippen LogP) is -0.539. The molecule has 18 heavy (non-hydrogen) atoms. The van der Waals surface area contributed by atoms with Gasteiger partial charge in [0.25, 0.3) is 0 Å². The third-order valence-corrected chi connectivity index (χ3v) is 3.39. The molecule has 7 nitrogen and oxygen atoms in total. The van der Waals surface area contributed by atoms with Crippen LogP contribution >= 0.6 is 0 Å². The number of piperidine rings is 1. The Kier molecular flexibility index (Phi) is 3.25. The first-order chi connectivity index (χ1) is 8.45. The van der Waals surface area contributed by atoms with Crippen LogP contribution in [-0.2, 0) is 19.1 Å². The van der Waals surface area contributed by atoms with Crippen molar-refractivity contribution in [1.82, 2.24) is 4.90 Å². The van der Waals surface area contributed by atoms with Crippen molar-refractivity contribution >= 4 is 17.8 Å².